The fourth-order valence-electron chi connectivity index (χ4n) is 2.46. The zero-order valence-corrected chi connectivity index (χ0v) is 12.2. The summed E-state index contributed by atoms with van der Waals surface area (Å²) in [4.78, 5) is 13.6. The number of rotatable bonds is 4. The lowest BCUT2D eigenvalue weighted by Crippen LogP contribution is -2.40. The van der Waals surface area contributed by atoms with Gasteiger partial charge in [-0.1, -0.05) is 10.3 Å². The van der Waals surface area contributed by atoms with E-state index in [1.165, 1.54) is 0 Å². The summed E-state index contributed by atoms with van der Waals surface area (Å²) in [6.45, 7) is 3.82. The fourth-order valence-corrected chi connectivity index (χ4v) is 2.46. The van der Waals surface area contributed by atoms with Gasteiger partial charge in [-0.2, -0.15) is 0 Å². The number of alkyl halides is 1. The molecular formula is C13H16FN5O3. The molecule has 0 aliphatic carbocycles. The van der Waals surface area contributed by atoms with Crippen LogP contribution in [0.5, 0.6) is 0 Å². The van der Waals surface area contributed by atoms with Crippen LogP contribution in [0, 0.1) is 13.8 Å². The Balaban J connectivity index is 1.64. The van der Waals surface area contributed by atoms with Crippen molar-refractivity contribution in [2.75, 3.05) is 18.0 Å². The smallest absolute Gasteiger partial charge is 0.318 e. The quantitative estimate of drug-likeness (QED) is 0.900. The van der Waals surface area contributed by atoms with Crippen molar-refractivity contribution in [3.05, 3.63) is 23.4 Å². The van der Waals surface area contributed by atoms with Crippen molar-refractivity contribution in [1.29, 1.82) is 0 Å². The lowest BCUT2D eigenvalue weighted by Gasteiger charge is -2.21. The van der Waals surface area contributed by atoms with Gasteiger partial charge in [-0.15, -0.1) is 5.10 Å². The molecule has 1 saturated heterocycles. The molecule has 9 heteroatoms. The van der Waals surface area contributed by atoms with Gasteiger partial charge < -0.3 is 19.2 Å². The predicted molar refractivity (Wildman–Crippen MR) is 73.3 cm³/mol. The number of hydrogen-bond acceptors (Lipinski definition) is 7. The molecular weight excluding hydrogens is 293 g/mol. The first-order chi connectivity index (χ1) is 10.5. The van der Waals surface area contributed by atoms with Crippen molar-refractivity contribution in [2.45, 2.75) is 32.5 Å². The molecule has 0 radical (unpaired) electrons. The van der Waals surface area contributed by atoms with Crippen LogP contribution in [0.4, 0.5) is 10.4 Å². The summed E-state index contributed by atoms with van der Waals surface area (Å²) in [5.74, 6) is 0.161. The molecule has 1 amide bonds. The van der Waals surface area contributed by atoms with Crippen LogP contribution in [0.2, 0.25) is 0 Å². The minimum absolute atomic E-state index is 0.132. The van der Waals surface area contributed by atoms with Crippen LogP contribution in [0.3, 0.4) is 0 Å². The number of aryl methyl sites for hydroxylation is 2. The van der Waals surface area contributed by atoms with Crippen molar-refractivity contribution in [3.63, 3.8) is 0 Å². The van der Waals surface area contributed by atoms with Gasteiger partial charge in [-0.3, -0.25) is 4.79 Å². The molecule has 1 N–H and O–H groups in total. The third-order valence-corrected chi connectivity index (χ3v) is 3.47. The second-order valence-corrected chi connectivity index (χ2v) is 5.29. The summed E-state index contributed by atoms with van der Waals surface area (Å²) in [5, 5.41) is 14.0. The summed E-state index contributed by atoms with van der Waals surface area (Å²) in [6.07, 6.45) is -0.710. The predicted octanol–water partition coefficient (Wildman–Crippen LogP) is 1.02. The standard InChI is InChI=1S/C13H16FN5O3/c1-7-3-11(22-18-7)12(20)15-5-10-4-9(14)6-19(10)13-17-16-8(2)21-13/h3,9-10H,4-6H2,1-2H3,(H,15,20)/t9-,10-/m0/s1. The van der Waals surface area contributed by atoms with Gasteiger partial charge in [0.25, 0.3) is 5.91 Å². The van der Waals surface area contributed by atoms with Crippen LogP contribution in [0.1, 0.15) is 28.6 Å². The number of anilines is 1. The highest BCUT2D eigenvalue weighted by molar-refractivity contribution is 5.91. The maximum atomic E-state index is 13.7. The van der Waals surface area contributed by atoms with Gasteiger partial charge in [0.05, 0.1) is 18.3 Å². The SMILES string of the molecule is Cc1cc(C(=O)NC[C@@H]2C[C@H](F)CN2c2nnc(C)o2)on1. The second kappa shape index (κ2) is 5.74. The molecule has 0 bridgehead atoms. The molecule has 22 heavy (non-hydrogen) atoms. The zero-order chi connectivity index (χ0) is 15.7. The van der Waals surface area contributed by atoms with Gasteiger partial charge in [0, 0.05) is 26.0 Å². The van der Waals surface area contributed by atoms with E-state index in [0.717, 1.165) is 0 Å². The fraction of sp³-hybridized carbons (Fsp3) is 0.538. The number of nitrogens with one attached hydrogen (secondary N) is 1. The molecule has 3 rings (SSSR count). The highest BCUT2D eigenvalue weighted by atomic mass is 19.1. The zero-order valence-electron chi connectivity index (χ0n) is 12.2. The second-order valence-electron chi connectivity index (χ2n) is 5.29. The normalized spacial score (nSPS) is 21.3. The third-order valence-electron chi connectivity index (χ3n) is 3.47. The molecule has 1 aliphatic rings. The van der Waals surface area contributed by atoms with Crippen LogP contribution in [0.15, 0.2) is 15.0 Å². The Hall–Kier alpha value is -2.45. The van der Waals surface area contributed by atoms with Crippen LogP contribution in [-0.4, -0.2) is 46.6 Å². The van der Waals surface area contributed by atoms with E-state index in [1.54, 1.807) is 24.8 Å². The van der Waals surface area contributed by atoms with Gasteiger partial charge in [-0.05, 0) is 6.92 Å². The van der Waals surface area contributed by atoms with Crippen molar-refractivity contribution in [3.8, 4) is 0 Å². The van der Waals surface area contributed by atoms with E-state index < -0.39 is 6.17 Å². The number of nitrogens with zero attached hydrogens (tertiary/aromatic N) is 4. The summed E-state index contributed by atoms with van der Waals surface area (Å²) in [7, 11) is 0. The molecule has 0 spiro atoms. The number of carbonyl (C=O) groups is 1. The molecule has 2 aromatic heterocycles. The monoisotopic (exact) mass is 309 g/mol. The van der Waals surface area contributed by atoms with Crippen LogP contribution >= 0.6 is 0 Å². The Kier molecular flexibility index (Phi) is 3.78. The van der Waals surface area contributed by atoms with Crippen molar-refractivity contribution >= 4 is 11.9 Å². The molecule has 118 valence electrons. The summed E-state index contributed by atoms with van der Waals surface area (Å²) < 4.78 is 23.9. The lowest BCUT2D eigenvalue weighted by atomic mass is 10.2. The van der Waals surface area contributed by atoms with E-state index in [0.29, 0.717) is 11.6 Å². The lowest BCUT2D eigenvalue weighted by molar-refractivity contribution is 0.0913. The summed E-state index contributed by atoms with van der Waals surface area (Å²) in [5.41, 5.74) is 0.623. The maximum Gasteiger partial charge on any atom is 0.318 e. The van der Waals surface area contributed by atoms with E-state index in [9.17, 15) is 9.18 Å². The van der Waals surface area contributed by atoms with Crippen molar-refractivity contribution in [2.24, 2.45) is 0 Å². The number of carbonyl (C=O) groups excluding carboxylic acids is 1. The Morgan fingerprint density at radius 2 is 2.32 bits per heavy atom. The first kappa shape index (κ1) is 14.5. The van der Waals surface area contributed by atoms with Crippen molar-refractivity contribution < 1.29 is 18.1 Å². The number of aromatic nitrogens is 3. The van der Waals surface area contributed by atoms with E-state index >= 15 is 0 Å². The highest BCUT2D eigenvalue weighted by Crippen LogP contribution is 2.25. The average molecular weight is 309 g/mol. The number of amides is 1. The molecule has 2 atom stereocenters. The Morgan fingerprint density at radius 3 is 2.95 bits per heavy atom. The summed E-state index contributed by atoms with van der Waals surface area (Å²) in [6, 6.07) is 1.57. The molecule has 3 heterocycles. The molecule has 8 nitrogen and oxygen atoms in total. The van der Waals surface area contributed by atoms with Crippen molar-refractivity contribution in [1.82, 2.24) is 20.7 Å². The first-order valence-corrected chi connectivity index (χ1v) is 6.95. The Labute approximate surface area is 125 Å². The van der Waals surface area contributed by atoms with Gasteiger partial charge in [-0.25, -0.2) is 4.39 Å². The Bertz CT molecular complexity index is 670. The number of hydrogen-bond donors (Lipinski definition) is 1. The van der Waals surface area contributed by atoms with Gasteiger partial charge in [0.15, 0.2) is 0 Å². The minimum Gasteiger partial charge on any atom is -0.408 e. The third kappa shape index (κ3) is 2.92. The van der Waals surface area contributed by atoms with E-state index in [2.05, 4.69) is 20.7 Å². The molecule has 0 saturated carbocycles. The van der Waals surface area contributed by atoms with E-state index in [1.807, 2.05) is 0 Å². The highest BCUT2D eigenvalue weighted by Gasteiger charge is 2.35. The van der Waals surface area contributed by atoms with Crippen LogP contribution < -0.4 is 10.2 Å². The van der Waals surface area contributed by atoms with Gasteiger partial charge in [0.1, 0.15) is 6.17 Å². The van der Waals surface area contributed by atoms with E-state index in [4.69, 9.17) is 8.94 Å². The van der Waals surface area contributed by atoms with Crippen LogP contribution in [-0.2, 0) is 0 Å². The number of halogens is 1. The topological polar surface area (TPSA) is 97.3 Å². The van der Waals surface area contributed by atoms with Crippen LogP contribution in [0.25, 0.3) is 0 Å². The van der Waals surface area contributed by atoms with Gasteiger partial charge in [0.2, 0.25) is 11.7 Å². The first-order valence-electron chi connectivity index (χ1n) is 6.95. The van der Waals surface area contributed by atoms with Gasteiger partial charge >= 0.3 is 6.01 Å². The minimum atomic E-state index is -0.998. The molecule has 0 unspecified atom stereocenters. The summed E-state index contributed by atoms with van der Waals surface area (Å²) >= 11 is 0. The largest absolute Gasteiger partial charge is 0.408 e. The maximum absolute atomic E-state index is 13.7. The Morgan fingerprint density at radius 1 is 1.50 bits per heavy atom. The molecule has 1 aliphatic heterocycles. The molecule has 2 aromatic rings. The average Bonchev–Trinajstić information content (AvgIpc) is 3.16. The van der Waals surface area contributed by atoms with E-state index in [-0.39, 0.29) is 43.2 Å². The molecule has 0 aromatic carbocycles. The molecule has 1 fully saturated rings.